The second kappa shape index (κ2) is 5.27. The molecule has 94 valence electrons. The number of ether oxygens (including phenoxy) is 3. The Morgan fingerprint density at radius 3 is 2.00 bits per heavy atom. The molecule has 0 aliphatic rings. The highest BCUT2D eigenvalue weighted by atomic mass is 35.5. The maximum absolute atomic E-state index is 11.2. The third-order valence-electron chi connectivity index (χ3n) is 2.21. The van der Waals surface area contributed by atoms with Crippen LogP contribution in [0.15, 0.2) is 18.2 Å². The van der Waals surface area contributed by atoms with E-state index in [9.17, 15) is 4.79 Å². The summed E-state index contributed by atoms with van der Waals surface area (Å²) in [6.45, 7) is 3.16. The van der Waals surface area contributed by atoms with Gasteiger partial charge in [-0.25, -0.2) is 0 Å². The van der Waals surface area contributed by atoms with Gasteiger partial charge in [0.1, 0.15) is 0 Å². The Morgan fingerprint density at radius 1 is 1.18 bits per heavy atom. The lowest BCUT2D eigenvalue weighted by Crippen LogP contribution is -2.35. The van der Waals surface area contributed by atoms with E-state index in [2.05, 4.69) is 0 Å². The van der Waals surface area contributed by atoms with Gasteiger partial charge in [0.15, 0.2) is 17.1 Å². The molecule has 0 saturated heterocycles. The number of benzene rings is 1. The van der Waals surface area contributed by atoms with Crippen molar-refractivity contribution in [1.82, 2.24) is 0 Å². The summed E-state index contributed by atoms with van der Waals surface area (Å²) in [5.41, 5.74) is -1.15. The Balaban J connectivity index is 3.16. The monoisotopic (exact) mass is 258 g/mol. The minimum atomic E-state index is -1.15. The standard InChI is InChI=1S/C12H15ClO4/c1-12(2,11(13)14)17-10-8(15-3)6-5-7-9(10)16-4/h5-7H,1-4H3. The Kier molecular flexibility index (Phi) is 4.23. The highest BCUT2D eigenvalue weighted by Gasteiger charge is 2.30. The van der Waals surface area contributed by atoms with Gasteiger partial charge in [-0.2, -0.15) is 0 Å². The number of methoxy groups -OCH3 is 2. The van der Waals surface area contributed by atoms with Gasteiger partial charge >= 0.3 is 0 Å². The SMILES string of the molecule is COc1cccc(OC)c1OC(C)(C)C(=O)Cl. The fourth-order valence-electron chi connectivity index (χ4n) is 1.21. The van der Waals surface area contributed by atoms with Crippen molar-refractivity contribution in [1.29, 1.82) is 0 Å². The van der Waals surface area contributed by atoms with Crippen LogP contribution in [0.4, 0.5) is 0 Å². The number of halogens is 1. The molecule has 0 unspecified atom stereocenters. The van der Waals surface area contributed by atoms with E-state index < -0.39 is 10.8 Å². The van der Waals surface area contributed by atoms with E-state index in [1.165, 1.54) is 14.2 Å². The normalized spacial score (nSPS) is 10.9. The summed E-state index contributed by atoms with van der Waals surface area (Å²) in [5, 5.41) is -0.592. The molecule has 1 aromatic carbocycles. The average molecular weight is 259 g/mol. The van der Waals surface area contributed by atoms with Gasteiger partial charge in [0.05, 0.1) is 14.2 Å². The summed E-state index contributed by atoms with van der Waals surface area (Å²) in [6, 6.07) is 5.19. The quantitative estimate of drug-likeness (QED) is 0.762. The summed E-state index contributed by atoms with van der Waals surface area (Å²) in [4.78, 5) is 11.2. The maximum atomic E-state index is 11.2. The Bertz CT molecular complexity index is 393. The zero-order valence-electron chi connectivity index (χ0n) is 10.2. The number of hydrogen-bond acceptors (Lipinski definition) is 4. The molecule has 4 nitrogen and oxygen atoms in total. The lowest BCUT2D eigenvalue weighted by molar-refractivity contribution is -0.123. The lowest BCUT2D eigenvalue weighted by atomic mass is 10.1. The van der Waals surface area contributed by atoms with Crippen molar-refractivity contribution in [2.24, 2.45) is 0 Å². The molecule has 5 heteroatoms. The van der Waals surface area contributed by atoms with Gasteiger partial charge in [-0.1, -0.05) is 6.07 Å². The van der Waals surface area contributed by atoms with Crippen LogP contribution in [0.5, 0.6) is 17.2 Å². The molecule has 1 aromatic rings. The Morgan fingerprint density at radius 2 is 1.65 bits per heavy atom. The average Bonchev–Trinajstić information content (AvgIpc) is 2.28. The van der Waals surface area contributed by atoms with E-state index in [4.69, 9.17) is 25.8 Å². The molecule has 0 N–H and O–H groups in total. The molecular formula is C12H15ClO4. The smallest absolute Gasteiger partial charge is 0.264 e. The first-order valence-electron chi connectivity index (χ1n) is 5.02. The predicted molar refractivity (Wildman–Crippen MR) is 65.1 cm³/mol. The van der Waals surface area contributed by atoms with E-state index >= 15 is 0 Å². The van der Waals surface area contributed by atoms with E-state index in [0.29, 0.717) is 17.2 Å². The van der Waals surface area contributed by atoms with Crippen LogP contribution in [-0.4, -0.2) is 25.1 Å². The number of hydrogen-bond donors (Lipinski definition) is 0. The lowest BCUT2D eigenvalue weighted by Gasteiger charge is -2.24. The highest BCUT2D eigenvalue weighted by molar-refractivity contribution is 6.65. The minimum Gasteiger partial charge on any atom is -0.493 e. The molecule has 17 heavy (non-hydrogen) atoms. The molecule has 0 fully saturated rings. The highest BCUT2D eigenvalue weighted by Crippen LogP contribution is 2.39. The van der Waals surface area contributed by atoms with Crippen molar-refractivity contribution in [3.8, 4) is 17.2 Å². The first-order valence-corrected chi connectivity index (χ1v) is 5.40. The number of carbonyl (C=O) groups is 1. The molecule has 0 amide bonds. The van der Waals surface area contributed by atoms with Crippen LogP contribution in [0.1, 0.15) is 13.8 Å². The van der Waals surface area contributed by atoms with Gasteiger partial charge in [-0.05, 0) is 37.6 Å². The van der Waals surface area contributed by atoms with Gasteiger partial charge in [0, 0.05) is 0 Å². The van der Waals surface area contributed by atoms with Gasteiger partial charge in [-0.3, -0.25) is 4.79 Å². The largest absolute Gasteiger partial charge is 0.493 e. The first kappa shape index (κ1) is 13.6. The molecule has 0 bridgehead atoms. The third kappa shape index (κ3) is 3.03. The topological polar surface area (TPSA) is 44.8 Å². The molecule has 0 aliphatic carbocycles. The number of para-hydroxylation sites is 1. The Labute approximate surface area is 105 Å². The minimum absolute atomic E-state index is 0.358. The van der Waals surface area contributed by atoms with Gasteiger partial charge < -0.3 is 14.2 Å². The van der Waals surface area contributed by atoms with Crippen LogP contribution >= 0.6 is 11.6 Å². The Hall–Kier alpha value is -1.42. The van der Waals surface area contributed by atoms with E-state index in [0.717, 1.165) is 0 Å². The van der Waals surface area contributed by atoms with Crippen LogP contribution in [0.3, 0.4) is 0 Å². The van der Waals surface area contributed by atoms with Crippen molar-refractivity contribution in [3.63, 3.8) is 0 Å². The van der Waals surface area contributed by atoms with Crippen LogP contribution in [0.25, 0.3) is 0 Å². The van der Waals surface area contributed by atoms with E-state index in [1.807, 2.05) is 0 Å². The first-order chi connectivity index (χ1) is 7.92. The molecule has 0 aliphatic heterocycles. The van der Waals surface area contributed by atoms with Crippen molar-refractivity contribution in [2.75, 3.05) is 14.2 Å². The molecule has 0 saturated carbocycles. The summed E-state index contributed by atoms with van der Waals surface area (Å²) >= 11 is 5.46. The van der Waals surface area contributed by atoms with Crippen molar-refractivity contribution >= 4 is 16.8 Å². The fraction of sp³-hybridized carbons (Fsp3) is 0.417. The van der Waals surface area contributed by atoms with Crippen LogP contribution in [-0.2, 0) is 4.79 Å². The summed E-state index contributed by atoms with van der Waals surface area (Å²) in [5.74, 6) is 1.32. The molecule has 0 radical (unpaired) electrons. The van der Waals surface area contributed by atoms with Gasteiger partial charge in [-0.15, -0.1) is 0 Å². The molecule has 1 rings (SSSR count). The third-order valence-corrected chi connectivity index (χ3v) is 2.67. The van der Waals surface area contributed by atoms with Crippen molar-refractivity contribution in [2.45, 2.75) is 19.4 Å². The van der Waals surface area contributed by atoms with Crippen LogP contribution in [0, 0.1) is 0 Å². The zero-order valence-corrected chi connectivity index (χ0v) is 11.0. The van der Waals surface area contributed by atoms with Crippen molar-refractivity contribution < 1.29 is 19.0 Å². The summed E-state index contributed by atoms with van der Waals surface area (Å²) < 4.78 is 15.9. The molecule has 0 atom stereocenters. The second-order valence-electron chi connectivity index (χ2n) is 3.88. The van der Waals surface area contributed by atoms with Crippen LogP contribution in [0.2, 0.25) is 0 Å². The zero-order chi connectivity index (χ0) is 13.1. The summed E-state index contributed by atoms with van der Waals surface area (Å²) in [7, 11) is 3.02. The molecule has 0 heterocycles. The second-order valence-corrected chi connectivity index (χ2v) is 4.22. The van der Waals surface area contributed by atoms with Crippen molar-refractivity contribution in [3.05, 3.63) is 18.2 Å². The summed E-state index contributed by atoms with van der Waals surface area (Å²) in [6.07, 6.45) is 0. The maximum Gasteiger partial charge on any atom is 0.264 e. The molecule has 0 spiro atoms. The molecule has 0 aromatic heterocycles. The van der Waals surface area contributed by atoms with Crippen LogP contribution < -0.4 is 14.2 Å². The van der Waals surface area contributed by atoms with E-state index in [1.54, 1.807) is 32.0 Å². The molecular weight excluding hydrogens is 244 g/mol. The number of carbonyl (C=O) groups excluding carboxylic acids is 1. The fourth-order valence-corrected chi connectivity index (χ4v) is 1.25. The van der Waals surface area contributed by atoms with Gasteiger partial charge in [0.25, 0.3) is 5.24 Å². The number of rotatable bonds is 5. The van der Waals surface area contributed by atoms with Gasteiger partial charge in [0.2, 0.25) is 5.75 Å². The predicted octanol–water partition coefficient (Wildman–Crippen LogP) is 2.63. The van der Waals surface area contributed by atoms with E-state index in [-0.39, 0.29) is 0 Å².